The lowest BCUT2D eigenvalue weighted by atomic mass is 9.76. The van der Waals surface area contributed by atoms with E-state index in [2.05, 4.69) is 34.3 Å². The van der Waals surface area contributed by atoms with Gasteiger partial charge >= 0.3 is 0 Å². The van der Waals surface area contributed by atoms with Crippen LogP contribution in [0.3, 0.4) is 0 Å². The third-order valence-electron chi connectivity index (χ3n) is 4.06. The van der Waals surface area contributed by atoms with Crippen LogP contribution in [0.1, 0.15) is 42.4 Å². The highest BCUT2D eigenvalue weighted by molar-refractivity contribution is 6.32. The van der Waals surface area contributed by atoms with Gasteiger partial charge in [-0.1, -0.05) is 37.1 Å². The standard InChI is InChI=1S/C17H14ClN5/c1-2-4-14-12(8-20)15(13-9-21-23-17(13)22-14)11-6-3-5-10(7-19)16(11)18/h3,5-6,9,12,15H,2,4H2,1H3,(H,21,23). The van der Waals surface area contributed by atoms with Gasteiger partial charge in [0.05, 0.1) is 28.8 Å². The molecule has 0 saturated heterocycles. The van der Waals surface area contributed by atoms with Crippen molar-refractivity contribution in [1.82, 2.24) is 10.2 Å². The molecule has 5 nitrogen and oxygen atoms in total. The average Bonchev–Trinajstić information content (AvgIpc) is 3.02. The Kier molecular flexibility index (Phi) is 4.14. The van der Waals surface area contributed by atoms with Crippen molar-refractivity contribution >= 4 is 23.1 Å². The molecule has 2 heterocycles. The van der Waals surface area contributed by atoms with Gasteiger partial charge in [-0.25, -0.2) is 4.99 Å². The lowest BCUT2D eigenvalue weighted by Crippen LogP contribution is -2.25. The molecule has 0 spiro atoms. The third kappa shape index (κ3) is 2.50. The first-order valence-electron chi connectivity index (χ1n) is 7.40. The van der Waals surface area contributed by atoms with Crippen LogP contribution in [0.2, 0.25) is 5.02 Å². The number of hydrogen-bond acceptors (Lipinski definition) is 4. The van der Waals surface area contributed by atoms with Crippen molar-refractivity contribution in [3.63, 3.8) is 0 Å². The molecular weight excluding hydrogens is 310 g/mol. The van der Waals surface area contributed by atoms with E-state index in [1.807, 2.05) is 6.07 Å². The zero-order chi connectivity index (χ0) is 16.4. The lowest BCUT2D eigenvalue weighted by molar-refractivity contribution is 0.699. The Labute approximate surface area is 139 Å². The smallest absolute Gasteiger partial charge is 0.151 e. The fourth-order valence-corrected chi connectivity index (χ4v) is 3.32. The molecule has 0 amide bonds. The van der Waals surface area contributed by atoms with Crippen LogP contribution in [0.5, 0.6) is 0 Å². The summed E-state index contributed by atoms with van der Waals surface area (Å²) in [5.74, 6) is -0.0107. The number of nitriles is 2. The van der Waals surface area contributed by atoms with Gasteiger partial charge in [0.25, 0.3) is 0 Å². The summed E-state index contributed by atoms with van der Waals surface area (Å²) in [4.78, 5) is 4.56. The molecule has 23 heavy (non-hydrogen) atoms. The van der Waals surface area contributed by atoms with Crippen LogP contribution in [-0.4, -0.2) is 15.9 Å². The Morgan fingerprint density at radius 3 is 2.83 bits per heavy atom. The van der Waals surface area contributed by atoms with Crippen molar-refractivity contribution < 1.29 is 0 Å². The fraction of sp³-hybridized carbons (Fsp3) is 0.294. The molecule has 0 fully saturated rings. The normalized spacial score (nSPS) is 19.4. The van der Waals surface area contributed by atoms with E-state index in [1.54, 1.807) is 18.3 Å². The molecular formula is C17H14ClN5. The van der Waals surface area contributed by atoms with Crippen molar-refractivity contribution in [3.05, 3.63) is 46.1 Å². The molecule has 1 aromatic carbocycles. The summed E-state index contributed by atoms with van der Waals surface area (Å²) in [5, 5.41) is 26.3. The lowest BCUT2D eigenvalue weighted by Gasteiger charge is -2.28. The van der Waals surface area contributed by atoms with Crippen molar-refractivity contribution in [2.75, 3.05) is 0 Å². The van der Waals surface area contributed by atoms with E-state index >= 15 is 0 Å². The number of aliphatic imine (C=N–C) groups is 1. The summed E-state index contributed by atoms with van der Waals surface area (Å²) in [6.07, 6.45) is 3.33. The van der Waals surface area contributed by atoms with Crippen LogP contribution in [0, 0.1) is 28.6 Å². The number of H-pyrrole nitrogens is 1. The molecule has 1 aromatic heterocycles. The maximum atomic E-state index is 9.73. The summed E-state index contributed by atoms with van der Waals surface area (Å²) in [5.41, 5.74) is 2.84. The first-order valence-corrected chi connectivity index (χ1v) is 7.77. The minimum Gasteiger partial charge on any atom is -0.261 e. The van der Waals surface area contributed by atoms with Gasteiger partial charge in [0.1, 0.15) is 6.07 Å². The van der Waals surface area contributed by atoms with Gasteiger partial charge in [-0.05, 0) is 18.1 Å². The Morgan fingerprint density at radius 2 is 2.13 bits per heavy atom. The molecule has 2 atom stereocenters. The Hall–Kier alpha value is -2.63. The van der Waals surface area contributed by atoms with E-state index < -0.39 is 5.92 Å². The molecule has 114 valence electrons. The number of halogens is 1. The molecule has 0 saturated carbocycles. The van der Waals surface area contributed by atoms with Crippen molar-refractivity contribution in [2.45, 2.75) is 25.7 Å². The first-order chi connectivity index (χ1) is 11.2. The van der Waals surface area contributed by atoms with E-state index in [-0.39, 0.29) is 5.92 Å². The van der Waals surface area contributed by atoms with Crippen LogP contribution < -0.4 is 0 Å². The molecule has 1 aliphatic heterocycles. The summed E-state index contributed by atoms with van der Waals surface area (Å²) in [7, 11) is 0. The predicted molar refractivity (Wildman–Crippen MR) is 87.7 cm³/mol. The molecule has 2 unspecified atom stereocenters. The minimum atomic E-state index is -0.411. The number of hydrogen-bond donors (Lipinski definition) is 1. The Morgan fingerprint density at radius 1 is 1.30 bits per heavy atom. The zero-order valence-corrected chi connectivity index (χ0v) is 13.3. The quantitative estimate of drug-likeness (QED) is 0.922. The summed E-state index contributed by atoms with van der Waals surface area (Å²) in [6.45, 7) is 2.05. The minimum absolute atomic E-state index is 0.270. The van der Waals surface area contributed by atoms with Gasteiger partial charge in [0.15, 0.2) is 5.82 Å². The highest BCUT2D eigenvalue weighted by Crippen LogP contribution is 2.44. The first kappa shape index (κ1) is 15.3. The van der Waals surface area contributed by atoms with E-state index in [0.29, 0.717) is 16.4 Å². The number of benzene rings is 1. The van der Waals surface area contributed by atoms with Gasteiger partial charge in [-0.15, -0.1) is 0 Å². The van der Waals surface area contributed by atoms with Gasteiger partial charge in [-0.2, -0.15) is 15.6 Å². The average molecular weight is 324 g/mol. The molecule has 2 aromatic rings. The fourth-order valence-electron chi connectivity index (χ4n) is 3.03. The molecule has 6 heteroatoms. The van der Waals surface area contributed by atoms with Gasteiger partial charge in [0.2, 0.25) is 0 Å². The number of rotatable bonds is 3. The van der Waals surface area contributed by atoms with Crippen LogP contribution in [-0.2, 0) is 0 Å². The SMILES string of the molecule is CCCC1=Nc2[nH]ncc2C(c2cccc(C#N)c2Cl)C1C#N. The number of nitrogens with zero attached hydrogens (tertiary/aromatic N) is 4. The van der Waals surface area contributed by atoms with Crippen molar-refractivity contribution in [2.24, 2.45) is 10.9 Å². The topological polar surface area (TPSA) is 88.6 Å². The molecule has 1 aliphatic rings. The molecule has 1 N–H and O–H groups in total. The van der Waals surface area contributed by atoms with E-state index in [1.165, 1.54) is 0 Å². The monoisotopic (exact) mass is 323 g/mol. The maximum Gasteiger partial charge on any atom is 0.151 e. The molecule has 0 aliphatic carbocycles. The number of aromatic nitrogens is 2. The number of aromatic amines is 1. The summed E-state index contributed by atoms with van der Waals surface area (Å²) in [6, 6.07) is 9.79. The second-order valence-electron chi connectivity index (χ2n) is 5.43. The van der Waals surface area contributed by atoms with Crippen LogP contribution >= 0.6 is 11.6 Å². The van der Waals surface area contributed by atoms with E-state index in [4.69, 9.17) is 11.6 Å². The molecule has 3 rings (SSSR count). The van der Waals surface area contributed by atoms with E-state index in [9.17, 15) is 10.5 Å². The van der Waals surface area contributed by atoms with Gasteiger partial charge in [-0.3, -0.25) is 5.10 Å². The maximum absolute atomic E-state index is 9.73. The second kappa shape index (κ2) is 6.24. The number of fused-ring (bicyclic) bond motifs is 1. The second-order valence-corrected chi connectivity index (χ2v) is 5.81. The summed E-state index contributed by atoms with van der Waals surface area (Å²) >= 11 is 6.42. The largest absolute Gasteiger partial charge is 0.261 e. The Balaban J connectivity index is 2.20. The highest BCUT2D eigenvalue weighted by atomic mass is 35.5. The van der Waals surface area contributed by atoms with Gasteiger partial charge in [0, 0.05) is 17.2 Å². The van der Waals surface area contributed by atoms with Crippen LogP contribution in [0.25, 0.3) is 0 Å². The molecule has 0 bridgehead atoms. The van der Waals surface area contributed by atoms with Crippen LogP contribution in [0.4, 0.5) is 5.82 Å². The van der Waals surface area contributed by atoms with Crippen LogP contribution in [0.15, 0.2) is 29.4 Å². The summed E-state index contributed by atoms with van der Waals surface area (Å²) < 4.78 is 0. The number of nitrogens with one attached hydrogen (secondary N) is 1. The third-order valence-corrected chi connectivity index (χ3v) is 4.48. The van der Waals surface area contributed by atoms with E-state index in [0.717, 1.165) is 29.7 Å². The zero-order valence-electron chi connectivity index (χ0n) is 12.5. The van der Waals surface area contributed by atoms with Crippen molar-refractivity contribution in [1.29, 1.82) is 10.5 Å². The highest BCUT2D eigenvalue weighted by Gasteiger charge is 2.36. The van der Waals surface area contributed by atoms with Gasteiger partial charge < -0.3 is 0 Å². The Bertz CT molecular complexity index is 853. The predicted octanol–water partition coefficient (Wildman–Crippen LogP) is 4.09. The molecule has 0 radical (unpaired) electrons. The van der Waals surface area contributed by atoms with Crippen molar-refractivity contribution in [3.8, 4) is 12.1 Å².